The maximum absolute atomic E-state index is 12.1. The van der Waals surface area contributed by atoms with Gasteiger partial charge < -0.3 is 25.0 Å². The molecule has 0 saturated carbocycles. The first-order valence-corrected chi connectivity index (χ1v) is 8.94. The molecule has 0 unspecified atom stereocenters. The number of methoxy groups -OCH3 is 1. The van der Waals surface area contributed by atoms with Crippen LogP contribution in [0, 0.1) is 5.92 Å². The number of benzene rings is 1. The van der Waals surface area contributed by atoms with E-state index < -0.39 is 5.60 Å². The predicted octanol–water partition coefficient (Wildman–Crippen LogP) is 3.46. The van der Waals surface area contributed by atoms with Crippen molar-refractivity contribution in [2.45, 2.75) is 39.2 Å². The fourth-order valence-corrected chi connectivity index (χ4v) is 2.80. The third-order valence-corrected chi connectivity index (χ3v) is 4.17. The summed E-state index contributed by atoms with van der Waals surface area (Å²) in [7, 11) is 1.57. The van der Waals surface area contributed by atoms with Gasteiger partial charge in [-0.25, -0.2) is 9.59 Å². The van der Waals surface area contributed by atoms with Gasteiger partial charge in [-0.2, -0.15) is 0 Å². The highest BCUT2D eigenvalue weighted by Gasteiger charge is 2.26. The number of hydrogen-bond acceptors (Lipinski definition) is 4. The van der Waals surface area contributed by atoms with E-state index in [1.807, 2.05) is 32.9 Å². The average Bonchev–Trinajstić information content (AvgIpc) is 2.59. The number of anilines is 1. The van der Waals surface area contributed by atoms with Gasteiger partial charge in [0.15, 0.2) is 0 Å². The largest absolute Gasteiger partial charge is 0.495 e. The average molecular weight is 363 g/mol. The number of likely N-dealkylation sites (tertiary alicyclic amines) is 1. The molecule has 1 aromatic carbocycles. The molecule has 2 rings (SSSR count). The molecular formula is C19H29N3O4. The van der Waals surface area contributed by atoms with Crippen LogP contribution in [0.4, 0.5) is 15.3 Å². The van der Waals surface area contributed by atoms with Crippen LogP contribution in [0.2, 0.25) is 0 Å². The lowest BCUT2D eigenvalue weighted by Gasteiger charge is -2.33. The van der Waals surface area contributed by atoms with E-state index in [4.69, 9.17) is 9.47 Å². The number of rotatable bonds is 4. The Labute approximate surface area is 155 Å². The lowest BCUT2D eigenvalue weighted by atomic mass is 9.97. The van der Waals surface area contributed by atoms with Gasteiger partial charge in [0, 0.05) is 19.6 Å². The molecule has 7 nitrogen and oxygen atoms in total. The number of carbonyl (C=O) groups excluding carboxylic acids is 2. The van der Waals surface area contributed by atoms with Gasteiger partial charge in [-0.3, -0.25) is 0 Å². The molecular weight excluding hydrogens is 334 g/mol. The maximum atomic E-state index is 12.1. The van der Waals surface area contributed by atoms with Crippen molar-refractivity contribution in [3.05, 3.63) is 24.3 Å². The van der Waals surface area contributed by atoms with Crippen LogP contribution in [0.5, 0.6) is 5.75 Å². The summed E-state index contributed by atoms with van der Waals surface area (Å²) < 4.78 is 10.6. The van der Waals surface area contributed by atoms with Crippen molar-refractivity contribution in [1.29, 1.82) is 0 Å². The van der Waals surface area contributed by atoms with Crippen molar-refractivity contribution in [3.63, 3.8) is 0 Å². The maximum Gasteiger partial charge on any atom is 0.410 e. The van der Waals surface area contributed by atoms with Gasteiger partial charge in [-0.15, -0.1) is 0 Å². The molecule has 1 aliphatic rings. The minimum absolute atomic E-state index is 0.260. The zero-order valence-electron chi connectivity index (χ0n) is 16.0. The van der Waals surface area contributed by atoms with E-state index >= 15 is 0 Å². The first kappa shape index (κ1) is 19.9. The van der Waals surface area contributed by atoms with E-state index in [0.29, 0.717) is 37.0 Å². The lowest BCUT2D eigenvalue weighted by molar-refractivity contribution is 0.0185. The Hall–Kier alpha value is -2.44. The molecule has 2 N–H and O–H groups in total. The standard InChI is InChI=1S/C19H29N3O4/c1-19(2,3)26-18(24)22-11-9-14(10-12-22)13-20-17(23)21-15-7-5-6-8-16(15)25-4/h5-8,14H,9-13H2,1-4H3,(H2,20,21,23). The molecule has 1 saturated heterocycles. The summed E-state index contributed by atoms with van der Waals surface area (Å²) in [4.78, 5) is 25.9. The number of ether oxygens (including phenoxy) is 2. The highest BCUT2D eigenvalue weighted by Crippen LogP contribution is 2.23. The van der Waals surface area contributed by atoms with Crippen molar-refractivity contribution >= 4 is 17.8 Å². The second-order valence-corrected chi connectivity index (χ2v) is 7.45. The molecule has 0 radical (unpaired) electrons. The van der Waals surface area contributed by atoms with Crippen LogP contribution in [-0.2, 0) is 4.74 Å². The normalized spacial score (nSPS) is 15.3. The lowest BCUT2D eigenvalue weighted by Crippen LogP contribution is -2.44. The van der Waals surface area contributed by atoms with Crippen LogP contribution in [0.1, 0.15) is 33.6 Å². The summed E-state index contributed by atoms with van der Waals surface area (Å²) in [6.07, 6.45) is 1.42. The first-order chi connectivity index (χ1) is 12.3. The van der Waals surface area contributed by atoms with E-state index in [9.17, 15) is 9.59 Å². The van der Waals surface area contributed by atoms with Crippen molar-refractivity contribution < 1.29 is 19.1 Å². The molecule has 3 amide bonds. The van der Waals surface area contributed by atoms with E-state index in [2.05, 4.69) is 10.6 Å². The molecule has 1 aliphatic heterocycles. The van der Waals surface area contributed by atoms with Crippen molar-refractivity contribution in [2.75, 3.05) is 32.1 Å². The molecule has 26 heavy (non-hydrogen) atoms. The van der Waals surface area contributed by atoms with Gasteiger partial charge in [0.05, 0.1) is 12.8 Å². The molecule has 1 heterocycles. The highest BCUT2D eigenvalue weighted by molar-refractivity contribution is 5.90. The SMILES string of the molecule is COc1ccccc1NC(=O)NCC1CCN(C(=O)OC(C)(C)C)CC1. The van der Waals surface area contributed by atoms with Gasteiger partial charge in [0.25, 0.3) is 0 Å². The van der Waals surface area contributed by atoms with Crippen LogP contribution in [0.15, 0.2) is 24.3 Å². The first-order valence-electron chi connectivity index (χ1n) is 8.94. The van der Waals surface area contributed by atoms with Gasteiger partial charge in [-0.05, 0) is 51.7 Å². The van der Waals surface area contributed by atoms with Gasteiger partial charge in [0.2, 0.25) is 0 Å². The summed E-state index contributed by atoms with van der Waals surface area (Å²) in [6, 6.07) is 7.01. The highest BCUT2D eigenvalue weighted by atomic mass is 16.6. The second-order valence-electron chi connectivity index (χ2n) is 7.45. The van der Waals surface area contributed by atoms with E-state index in [1.54, 1.807) is 24.1 Å². The zero-order valence-corrected chi connectivity index (χ0v) is 16.0. The molecule has 0 aliphatic carbocycles. The number of hydrogen-bond donors (Lipinski definition) is 2. The summed E-state index contributed by atoms with van der Waals surface area (Å²) in [5, 5.41) is 5.69. The van der Waals surface area contributed by atoms with E-state index in [1.165, 1.54) is 0 Å². The van der Waals surface area contributed by atoms with Crippen LogP contribution in [-0.4, -0.2) is 49.4 Å². The Kier molecular flexibility index (Phi) is 6.71. The summed E-state index contributed by atoms with van der Waals surface area (Å²) in [5.74, 6) is 0.963. The molecule has 0 bridgehead atoms. The number of para-hydroxylation sites is 2. The van der Waals surface area contributed by atoms with Crippen molar-refractivity contribution in [1.82, 2.24) is 10.2 Å². The Morgan fingerprint density at radius 2 is 1.85 bits per heavy atom. The Balaban J connectivity index is 1.73. The molecule has 0 atom stereocenters. The smallest absolute Gasteiger partial charge is 0.410 e. The number of amides is 3. The van der Waals surface area contributed by atoms with Crippen molar-refractivity contribution in [2.24, 2.45) is 5.92 Å². The number of nitrogens with zero attached hydrogens (tertiary/aromatic N) is 1. The zero-order chi connectivity index (χ0) is 19.2. The summed E-state index contributed by atoms with van der Waals surface area (Å²) in [5.41, 5.74) is 0.152. The number of nitrogens with one attached hydrogen (secondary N) is 2. The number of piperidine rings is 1. The number of urea groups is 1. The summed E-state index contributed by atoms with van der Waals surface area (Å²) in [6.45, 7) is 7.46. The topological polar surface area (TPSA) is 79.9 Å². The fourth-order valence-electron chi connectivity index (χ4n) is 2.80. The summed E-state index contributed by atoms with van der Waals surface area (Å²) >= 11 is 0. The van der Waals surface area contributed by atoms with Crippen LogP contribution < -0.4 is 15.4 Å². The van der Waals surface area contributed by atoms with Gasteiger partial charge in [0.1, 0.15) is 11.4 Å². The fraction of sp³-hybridized carbons (Fsp3) is 0.579. The van der Waals surface area contributed by atoms with E-state index in [-0.39, 0.29) is 12.1 Å². The molecule has 1 aromatic rings. The second kappa shape index (κ2) is 8.78. The van der Waals surface area contributed by atoms with Crippen LogP contribution >= 0.6 is 0 Å². The Morgan fingerprint density at radius 3 is 2.46 bits per heavy atom. The Bertz CT molecular complexity index is 619. The molecule has 1 fully saturated rings. The van der Waals surface area contributed by atoms with Gasteiger partial charge in [-0.1, -0.05) is 12.1 Å². The Morgan fingerprint density at radius 1 is 1.19 bits per heavy atom. The molecule has 7 heteroatoms. The predicted molar refractivity (Wildman–Crippen MR) is 101 cm³/mol. The third-order valence-electron chi connectivity index (χ3n) is 4.17. The van der Waals surface area contributed by atoms with Crippen LogP contribution in [0.25, 0.3) is 0 Å². The van der Waals surface area contributed by atoms with Gasteiger partial charge >= 0.3 is 12.1 Å². The molecule has 0 aromatic heterocycles. The van der Waals surface area contributed by atoms with Crippen LogP contribution in [0.3, 0.4) is 0 Å². The molecule has 0 spiro atoms. The monoisotopic (exact) mass is 363 g/mol. The quantitative estimate of drug-likeness (QED) is 0.858. The van der Waals surface area contributed by atoms with E-state index in [0.717, 1.165) is 12.8 Å². The minimum atomic E-state index is -0.480. The molecule has 144 valence electrons. The minimum Gasteiger partial charge on any atom is -0.495 e. The van der Waals surface area contributed by atoms with Crippen molar-refractivity contribution in [3.8, 4) is 5.75 Å². The number of carbonyl (C=O) groups is 2. The third kappa shape index (κ3) is 6.13.